The standard InChI is InChI=1S/C23H29BrN2O3/c1-15(2)25-23(28)18(5)26(13-19-9-7-6-8-16(19)3)22(27)14-29-20-10-11-21(24)17(4)12-20/h6-12,15,18H,13-14H2,1-5H3,(H,25,28). The van der Waals surface area contributed by atoms with E-state index in [1.54, 1.807) is 11.8 Å². The van der Waals surface area contributed by atoms with Crippen LogP contribution < -0.4 is 10.1 Å². The van der Waals surface area contributed by atoms with E-state index >= 15 is 0 Å². The van der Waals surface area contributed by atoms with Crippen molar-refractivity contribution < 1.29 is 14.3 Å². The summed E-state index contributed by atoms with van der Waals surface area (Å²) >= 11 is 3.46. The van der Waals surface area contributed by atoms with Crippen molar-refractivity contribution in [2.75, 3.05) is 6.61 Å². The zero-order valence-corrected chi connectivity index (χ0v) is 19.2. The molecule has 2 amide bonds. The summed E-state index contributed by atoms with van der Waals surface area (Å²) in [6.07, 6.45) is 0. The van der Waals surface area contributed by atoms with Gasteiger partial charge in [-0.3, -0.25) is 9.59 Å². The van der Waals surface area contributed by atoms with Gasteiger partial charge in [0.25, 0.3) is 5.91 Å². The monoisotopic (exact) mass is 460 g/mol. The Morgan fingerprint density at radius 2 is 1.76 bits per heavy atom. The minimum absolute atomic E-state index is 0.00218. The van der Waals surface area contributed by atoms with Gasteiger partial charge in [-0.15, -0.1) is 0 Å². The van der Waals surface area contributed by atoms with Crippen LogP contribution in [0.5, 0.6) is 5.75 Å². The van der Waals surface area contributed by atoms with Gasteiger partial charge in [-0.25, -0.2) is 0 Å². The molecule has 2 aromatic rings. The molecular formula is C23H29BrN2O3. The first-order chi connectivity index (χ1) is 13.7. The summed E-state index contributed by atoms with van der Waals surface area (Å²) in [4.78, 5) is 27.2. The van der Waals surface area contributed by atoms with Crippen molar-refractivity contribution in [2.24, 2.45) is 0 Å². The molecule has 1 unspecified atom stereocenters. The Balaban J connectivity index is 2.18. The number of nitrogens with zero attached hydrogens (tertiary/aromatic N) is 1. The normalized spacial score (nSPS) is 11.8. The third-order valence-corrected chi connectivity index (χ3v) is 5.58. The number of aryl methyl sites for hydroxylation is 2. The van der Waals surface area contributed by atoms with Crippen molar-refractivity contribution >= 4 is 27.7 Å². The molecule has 0 aliphatic rings. The molecule has 0 spiro atoms. The van der Waals surface area contributed by atoms with Gasteiger partial charge in [0.2, 0.25) is 5.91 Å². The van der Waals surface area contributed by atoms with Crippen LogP contribution >= 0.6 is 15.9 Å². The zero-order chi connectivity index (χ0) is 21.6. The number of hydrogen-bond acceptors (Lipinski definition) is 3. The highest BCUT2D eigenvalue weighted by atomic mass is 79.9. The molecule has 0 aromatic heterocycles. The average Bonchev–Trinajstić information content (AvgIpc) is 2.67. The van der Waals surface area contributed by atoms with Crippen LogP contribution in [0.15, 0.2) is 46.9 Å². The number of rotatable bonds is 8. The Labute approximate surface area is 181 Å². The van der Waals surface area contributed by atoms with Gasteiger partial charge in [0, 0.05) is 17.1 Å². The van der Waals surface area contributed by atoms with Crippen LogP contribution in [0, 0.1) is 13.8 Å². The minimum atomic E-state index is -0.611. The van der Waals surface area contributed by atoms with Gasteiger partial charge in [0.05, 0.1) is 0 Å². The third-order valence-electron chi connectivity index (χ3n) is 4.69. The van der Waals surface area contributed by atoms with Gasteiger partial charge >= 0.3 is 0 Å². The Kier molecular flexibility index (Phi) is 8.26. The van der Waals surface area contributed by atoms with Crippen molar-refractivity contribution in [1.82, 2.24) is 10.2 Å². The number of carbonyl (C=O) groups excluding carboxylic acids is 2. The minimum Gasteiger partial charge on any atom is -0.484 e. The van der Waals surface area contributed by atoms with Crippen LogP contribution in [0.1, 0.15) is 37.5 Å². The van der Waals surface area contributed by atoms with Crippen molar-refractivity contribution in [1.29, 1.82) is 0 Å². The van der Waals surface area contributed by atoms with Crippen LogP contribution in [-0.2, 0) is 16.1 Å². The van der Waals surface area contributed by atoms with E-state index in [0.717, 1.165) is 21.2 Å². The second kappa shape index (κ2) is 10.4. The van der Waals surface area contributed by atoms with Crippen molar-refractivity contribution in [2.45, 2.75) is 53.2 Å². The molecule has 156 valence electrons. The molecule has 2 rings (SSSR count). The molecule has 0 bridgehead atoms. The lowest BCUT2D eigenvalue weighted by Crippen LogP contribution is -2.50. The first-order valence-electron chi connectivity index (χ1n) is 9.72. The summed E-state index contributed by atoms with van der Waals surface area (Å²) < 4.78 is 6.70. The zero-order valence-electron chi connectivity index (χ0n) is 17.7. The highest BCUT2D eigenvalue weighted by Crippen LogP contribution is 2.22. The van der Waals surface area contributed by atoms with E-state index in [1.807, 2.05) is 70.2 Å². The molecule has 5 nitrogen and oxygen atoms in total. The number of amides is 2. The molecule has 0 saturated carbocycles. The molecule has 2 aromatic carbocycles. The Hall–Kier alpha value is -2.34. The van der Waals surface area contributed by atoms with Crippen molar-refractivity contribution in [3.8, 4) is 5.75 Å². The topological polar surface area (TPSA) is 58.6 Å². The molecule has 0 heterocycles. The van der Waals surface area contributed by atoms with E-state index in [1.165, 1.54) is 0 Å². The smallest absolute Gasteiger partial charge is 0.261 e. The SMILES string of the molecule is Cc1cc(OCC(=O)N(Cc2ccccc2C)C(C)C(=O)NC(C)C)ccc1Br. The first-order valence-corrected chi connectivity index (χ1v) is 10.5. The Morgan fingerprint density at radius 3 is 2.38 bits per heavy atom. The van der Waals surface area contributed by atoms with E-state index < -0.39 is 6.04 Å². The van der Waals surface area contributed by atoms with E-state index in [9.17, 15) is 9.59 Å². The molecule has 0 aliphatic carbocycles. The summed E-state index contributed by atoms with van der Waals surface area (Å²) in [6.45, 7) is 9.72. The summed E-state index contributed by atoms with van der Waals surface area (Å²) in [5.41, 5.74) is 3.10. The molecule has 1 N–H and O–H groups in total. The number of ether oxygens (including phenoxy) is 1. The maximum Gasteiger partial charge on any atom is 0.261 e. The van der Waals surface area contributed by atoms with Gasteiger partial charge in [0.15, 0.2) is 6.61 Å². The second-order valence-electron chi connectivity index (χ2n) is 7.49. The van der Waals surface area contributed by atoms with Crippen molar-refractivity contribution in [3.05, 3.63) is 63.6 Å². The van der Waals surface area contributed by atoms with Crippen LogP contribution in [0.25, 0.3) is 0 Å². The molecule has 6 heteroatoms. The van der Waals surface area contributed by atoms with Gasteiger partial charge in [-0.05, 0) is 69.5 Å². The summed E-state index contributed by atoms with van der Waals surface area (Å²) in [7, 11) is 0. The number of halogens is 1. The van der Waals surface area contributed by atoms with E-state index in [-0.39, 0.29) is 24.5 Å². The quantitative estimate of drug-likeness (QED) is 0.635. The van der Waals surface area contributed by atoms with Crippen molar-refractivity contribution in [3.63, 3.8) is 0 Å². The number of hydrogen-bond donors (Lipinski definition) is 1. The molecular weight excluding hydrogens is 432 g/mol. The second-order valence-corrected chi connectivity index (χ2v) is 8.34. The van der Waals surface area contributed by atoms with E-state index in [4.69, 9.17) is 4.74 Å². The van der Waals surface area contributed by atoms with Crippen LogP contribution in [0.2, 0.25) is 0 Å². The van der Waals surface area contributed by atoms with Gasteiger partial charge < -0.3 is 15.0 Å². The summed E-state index contributed by atoms with van der Waals surface area (Å²) in [5, 5.41) is 2.89. The summed E-state index contributed by atoms with van der Waals surface area (Å²) in [6, 6.07) is 12.8. The van der Waals surface area contributed by atoms with Crippen LogP contribution in [-0.4, -0.2) is 35.4 Å². The van der Waals surface area contributed by atoms with Crippen LogP contribution in [0.4, 0.5) is 0 Å². The summed E-state index contributed by atoms with van der Waals surface area (Å²) in [5.74, 6) is 0.204. The molecule has 0 saturated heterocycles. The predicted octanol–water partition coefficient (Wildman–Crippen LogP) is 4.39. The highest BCUT2D eigenvalue weighted by molar-refractivity contribution is 9.10. The first kappa shape index (κ1) is 22.9. The van der Waals surface area contributed by atoms with Crippen LogP contribution in [0.3, 0.4) is 0 Å². The lowest BCUT2D eigenvalue weighted by Gasteiger charge is -2.29. The molecule has 29 heavy (non-hydrogen) atoms. The molecule has 0 radical (unpaired) electrons. The fourth-order valence-electron chi connectivity index (χ4n) is 2.89. The van der Waals surface area contributed by atoms with Gasteiger partial charge in [-0.2, -0.15) is 0 Å². The largest absolute Gasteiger partial charge is 0.484 e. The molecule has 1 atom stereocenters. The maximum atomic E-state index is 13.0. The Bertz CT molecular complexity index is 867. The fourth-order valence-corrected chi connectivity index (χ4v) is 3.14. The maximum absolute atomic E-state index is 13.0. The number of benzene rings is 2. The lowest BCUT2D eigenvalue weighted by molar-refractivity contribution is -0.142. The molecule has 0 aliphatic heterocycles. The predicted molar refractivity (Wildman–Crippen MR) is 119 cm³/mol. The lowest BCUT2D eigenvalue weighted by atomic mass is 10.1. The number of carbonyl (C=O) groups is 2. The Morgan fingerprint density at radius 1 is 1.07 bits per heavy atom. The van der Waals surface area contributed by atoms with E-state index in [0.29, 0.717) is 12.3 Å². The van der Waals surface area contributed by atoms with Gasteiger partial charge in [-0.1, -0.05) is 40.2 Å². The highest BCUT2D eigenvalue weighted by Gasteiger charge is 2.27. The third kappa shape index (κ3) is 6.60. The van der Waals surface area contributed by atoms with Gasteiger partial charge in [0.1, 0.15) is 11.8 Å². The van der Waals surface area contributed by atoms with E-state index in [2.05, 4.69) is 21.2 Å². The number of nitrogens with one attached hydrogen (secondary N) is 1. The average molecular weight is 461 g/mol. The molecule has 0 fully saturated rings. The fraction of sp³-hybridized carbons (Fsp3) is 0.391.